The van der Waals surface area contributed by atoms with Crippen molar-refractivity contribution in [2.75, 3.05) is 17.2 Å². The van der Waals surface area contributed by atoms with Gasteiger partial charge in [0.2, 0.25) is 0 Å². The Morgan fingerprint density at radius 1 is 1.36 bits per heavy atom. The minimum Gasteiger partial charge on any atom is -0.395 e. The van der Waals surface area contributed by atoms with Gasteiger partial charge in [-0.3, -0.25) is 4.79 Å². The molecule has 3 heterocycles. The van der Waals surface area contributed by atoms with Crippen LogP contribution in [-0.4, -0.2) is 31.8 Å². The van der Waals surface area contributed by atoms with Gasteiger partial charge < -0.3 is 20.3 Å². The number of anilines is 3. The summed E-state index contributed by atoms with van der Waals surface area (Å²) in [6.07, 6.45) is 3.41. The molecule has 3 N–H and O–H groups in total. The number of nitrogens with zero attached hydrogens (tertiary/aromatic N) is 3. The summed E-state index contributed by atoms with van der Waals surface area (Å²) >= 11 is 1.48. The molecule has 3 aromatic heterocycles. The van der Waals surface area contributed by atoms with E-state index in [0.29, 0.717) is 17.0 Å². The van der Waals surface area contributed by atoms with Crippen molar-refractivity contribution in [1.29, 1.82) is 0 Å². The van der Waals surface area contributed by atoms with E-state index in [9.17, 15) is 4.79 Å². The van der Waals surface area contributed by atoms with Crippen LogP contribution in [0.1, 0.15) is 20.8 Å². The SMILES string of the molecule is CC(C)(C)Nc1nc(Nc2nccs2)cc2ccn(CCO)c(=O)c12. The van der Waals surface area contributed by atoms with Crippen LogP contribution in [-0.2, 0) is 6.54 Å². The molecule has 132 valence electrons. The zero-order valence-corrected chi connectivity index (χ0v) is 15.2. The van der Waals surface area contributed by atoms with Crippen LogP contribution in [0.25, 0.3) is 10.8 Å². The molecule has 0 saturated carbocycles. The largest absolute Gasteiger partial charge is 0.395 e. The molecule has 0 aliphatic heterocycles. The first-order valence-electron chi connectivity index (χ1n) is 7.97. The molecular formula is C17H21N5O2S. The monoisotopic (exact) mass is 359 g/mol. The van der Waals surface area contributed by atoms with Crippen LogP contribution in [0.4, 0.5) is 16.8 Å². The summed E-state index contributed by atoms with van der Waals surface area (Å²) in [5, 5.41) is 19.5. The summed E-state index contributed by atoms with van der Waals surface area (Å²) in [7, 11) is 0. The quantitative estimate of drug-likeness (QED) is 0.649. The lowest BCUT2D eigenvalue weighted by Crippen LogP contribution is -2.29. The van der Waals surface area contributed by atoms with Gasteiger partial charge in [-0.15, -0.1) is 11.3 Å². The van der Waals surface area contributed by atoms with Gasteiger partial charge in [0.05, 0.1) is 12.0 Å². The summed E-state index contributed by atoms with van der Waals surface area (Å²) in [4.78, 5) is 21.6. The first kappa shape index (κ1) is 17.4. The van der Waals surface area contributed by atoms with Crippen molar-refractivity contribution in [3.63, 3.8) is 0 Å². The lowest BCUT2D eigenvalue weighted by atomic mass is 10.1. The van der Waals surface area contributed by atoms with Crippen molar-refractivity contribution in [3.05, 3.63) is 40.3 Å². The molecular weight excluding hydrogens is 338 g/mol. The zero-order valence-electron chi connectivity index (χ0n) is 14.4. The van der Waals surface area contributed by atoms with Crippen LogP contribution in [0.3, 0.4) is 0 Å². The molecule has 0 aliphatic rings. The second-order valence-electron chi connectivity index (χ2n) is 6.70. The number of aromatic nitrogens is 3. The van der Waals surface area contributed by atoms with Crippen LogP contribution in [0.2, 0.25) is 0 Å². The van der Waals surface area contributed by atoms with Crippen LogP contribution < -0.4 is 16.2 Å². The average molecular weight is 359 g/mol. The average Bonchev–Trinajstić information content (AvgIpc) is 3.01. The number of aliphatic hydroxyl groups is 1. The number of fused-ring (bicyclic) bond motifs is 1. The number of pyridine rings is 2. The second kappa shape index (κ2) is 6.81. The first-order valence-corrected chi connectivity index (χ1v) is 8.85. The molecule has 0 aliphatic carbocycles. The van der Waals surface area contributed by atoms with E-state index in [0.717, 1.165) is 10.5 Å². The Balaban J connectivity index is 2.16. The Bertz CT molecular complexity index is 929. The normalized spacial score (nSPS) is 11.7. The van der Waals surface area contributed by atoms with E-state index in [2.05, 4.69) is 20.6 Å². The highest BCUT2D eigenvalue weighted by Gasteiger charge is 2.17. The van der Waals surface area contributed by atoms with E-state index in [1.54, 1.807) is 12.4 Å². The van der Waals surface area contributed by atoms with Crippen molar-refractivity contribution >= 4 is 38.9 Å². The van der Waals surface area contributed by atoms with Crippen LogP contribution in [0.15, 0.2) is 34.7 Å². The van der Waals surface area contributed by atoms with Crippen molar-refractivity contribution in [1.82, 2.24) is 14.5 Å². The van der Waals surface area contributed by atoms with Gasteiger partial charge in [0.1, 0.15) is 11.6 Å². The standard InChI is InChI=1S/C17H21N5O2S/c1-17(2,3)21-14-13-11(4-6-22(7-8-23)15(13)24)10-12(19-14)20-16-18-5-9-25-16/h4-6,9-10,23H,7-8H2,1-3H3,(H2,18,19,20,21). The Kier molecular flexibility index (Phi) is 4.73. The van der Waals surface area contributed by atoms with Crippen LogP contribution in [0.5, 0.6) is 0 Å². The van der Waals surface area contributed by atoms with Crippen molar-refractivity contribution in [2.45, 2.75) is 32.9 Å². The molecule has 8 heteroatoms. The Hall–Kier alpha value is -2.45. The Morgan fingerprint density at radius 3 is 2.80 bits per heavy atom. The van der Waals surface area contributed by atoms with E-state index in [1.807, 2.05) is 38.3 Å². The van der Waals surface area contributed by atoms with Gasteiger partial charge in [0.25, 0.3) is 5.56 Å². The molecule has 0 aromatic carbocycles. The molecule has 7 nitrogen and oxygen atoms in total. The molecule has 0 atom stereocenters. The molecule has 3 aromatic rings. The van der Waals surface area contributed by atoms with E-state index < -0.39 is 0 Å². The molecule has 0 amide bonds. The molecule has 3 rings (SSSR count). The number of rotatable bonds is 5. The fourth-order valence-corrected chi connectivity index (χ4v) is 3.03. The van der Waals surface area contributed by atoms with Gasteiger partial charge in [-0.2, -0.15) is 0 Å². The predicted molar refractivity (Wildman–Crippen MR) is 102 cm³/mol. The molecule has 0 saturated heterocycles. The third kappa shape index (κ3) is 3.97. The second-order valence-corrected chi connectivity index (χ2v) is 7.59. The number of nitrogens with one attached hydrogen (secondary N) is 2. The van der Waals surface area contributed by atoms with Crippen LogP contribution in [0, 0.1) is 0 Å². The minimum absolute atomic E-state index is 0.0927. The smallest absolute Gasteiger partial charge is 0.262 e. The fourth-order valence-electron chi connectivity index (χ4n) is 2.49. The van der Waals surface area contributed by atoms with Crippen molar-refractivity contribution in [2.24, 2.45) is 0 Å². The first-order chi connectivity index (χ1) is 11.9. The number of aliphatic hydroxyl groups excluding tert-OH is 1. The van der Waals surface area contributed by atoms with Gasteiger partial charge in [0, 0.05) is 29.9 Å². The van der Waals surface area contributed by atoms with E-state index >= 15 is 0 Å². The topological polar surface area (TPSA) is 92.1 Å². The van der Waals surface area contributed by atoms with Gasteiger partial charge >= 0.3 is 0 Å². The Labute approximate surface area is 149 Å². The maximum Gasteiger partial charge on any atom is 0.262 e. The van der Waals surface area contributed by atoms with Gasteiger partial charge in [-0.25, -0.2) is 9.97 Å². The van der Waals surface area contributed by atoms with E-state index in [1.165, 1.54) is 15.9 Å². The zero-order chi connectivity index (χ0) is 18.0. The molecule has 0 unspecified atom stereocenters. The van der Waals surface area contributed by atoms with E-state index in [4.69, 9.17) is 5.11 Å². The Morgan fingerprint density at radius 2 is 2.16 bits per heavy atom. The molecule has 0 radical (unpaired) electrons. The number of hydrogen-bond donors (Lipinski definition) is 3. The summed E-state index contributed by atoms with van der Waals surface area (Å²) in [5.74, 6) is 1.13. The summed E-state index contributed by atoms with van der Waals surface area (Å²) in [5.41, 5.74) is -0.435. The highest BCUT2D eigenvalue weighted by molar-refractivity contribution is 7.13. The van der Waals surface area contributed by atoms with Crippen molar-refractivity contribution in [3.8, 4) is 0 Å². The van der Waals surface area contributed by atoms with Gasteiger partial charge in [0.15, 0.2) is 5.13 Å². The maximum absolute atomic E-state index is 12.8. The minimum atomic E-state index is -0.260. The lowest BCUT2D eigenvalue weighted by molar-refractivity contribution is 0.274. The number of hydrogen-bond acceptors (Lipinski definition) is 7. The molecule has 0 bridgehead atoms. The fraction of sp³-hybridized carbons (Fsp3) is 0.353. The highest BCUT2D eigenvalue weighted by Crippen LogP contribution is 2.26. The summed E-state index contributed by atoms with van der Waals surface area (Å²) in [6.45, 7) is 6.19. The molecule has 0 fully saturated rings. The number of thiazole rings is 1. The van der Waals surface area contributed by atoms with Crippen molar-refractivity contribution < 1.29 is 5.11 Å². The molecule has 0 spiro atoms. The van der Waals surface area contributed by atoms with E-state index in [-0.39, 0.29) is 24.2 Å². The van der Waals surface area contributed by atoms with Crippen LogP contribution >= 0.6 is 11.3 Å². The van der Waals surface area contributed by atoms with Gasteiger partial charge in [-0.1, -0.05) is 0 Å². The third-order valence-corrected chi connectivity index (χ3v) is 4.15. The summed E-state index contributed by atoms with van der Waals surface area (Å²) < 4.78 is 1.49. The lowest BCUT2D eigenvalue weighted by Gasteiger charge is -2.23. The predicted octanol–water partition coefficient (Wildman–Crippen LogP) is 2.80. The maximum atomic E-state index is 12.8. The van der Waals surface area contributed by atoms with Gasteiger partial charge in [-0.05, 0) is 38.3 Å². The third-order valence-electron chi connectivity index (χ3n) is 3.46. The highest BCUT2D eigenvalue weighted by atomic mass is 32.1. The summed E-state index contributed by atoms with van der Waals surface area (Å²) in [6, 6.07) is 3.68. The molecule has 25 heavy (non-hydrogen) atoms.